The van der Waals surface area contributed by atoms with Crippen LogP contribution in [0.1, 0.15) is 69.1 Å². The minimum atomic E-state index is -1.98. The van der Waals surface area contributed by atoms with Crippen LogP contribution in [0.3, 0.4) is 0 Å². The third kappa shape index (κ3) is 9.43. The number of nitrogens with one attached hydrogen (secondary N) is 4. The van der Waals surface area contributed by atoms with E-state index in [2.05, 4.69) is 20.9 Å². The van der Waals surface area contributed by atoms with Crippen molar-refractivity contribution < 1.29 is 38.6 Å². The van der Waals surface area contributed by atoms with E-state index in [-0.39, 0.29) is 19.3 Å². The van der Waals surface area contributed by atoms with Crippen molar-refractivity contribution in [2.24, 2.45) is 11.1 Å². The number of hydrogen-bond acceptors (Lipinski definition) is 8. The number of hydrogen-bond donors (Lipinski definition) is 6. The van der Waals surface area contributed by atoms with Gasteiger partial charge in [0.25, 0.3) is 0 Å². The first kappa shape index (κ1) is 41.3. The van der Waals surface area contributed by atoms with Crippen molar-refractivity contribution in [1.82, 2.24) is 20.9 Å². The van der Waals surface area contributed by atoms with Crippen LogP contribution >= 0.6 is 0 Å². The van der Waals surface area contributed by atoms with Gasteiger partial charge >= 0.3 is 12.1 Å². The second kappa shape index (κ2) is 17.4. The Bertz CT molecular complexity index is 2330. The average molecular weight is 788 g/mol. The molecule has 302 valence electrons. The second-order valence-corrected chi connectivity index (χ2v) is 15.9. The van der Waals surface area contributed by atoms with Crippen LogP contribution in [0.2, 0.25) is 0 Å². The van der Waals surface area contributed by atoms with Gasteiger partial charge in [-0.1, -0.05) is 97.4 Å². The molecule has 4 amide bonds. The minimum absolute atomic E-state index is 0.0355. The molecule has 1 aromatic heterocycles. The lowest BCUT2D eigenvalue weighted by Gasteiger charge is -2.36. The fourth-order valence-corrected chi connectivity index (χ4v) is 8.00. The lowest BCUT2D eigenvalue weighted by molar-refractivity contribution is -0.150. The normalized spacial score (nSPS) is 18.2. The maximum atomic E-state index is 15.0. The summed E-state index contributed by atoms with van der Waals surface area (Å²) in [5.41, 5.74) is 6.36. The number of nitrogens with two attached hydrogens (primary N) is 1. The highest BCUT2D eigenvalue weighted by Gasteiger charge is 2.57. The van der Waals surface area contributed by atoms with Crippen LogP contribution in [0.25, 0.3) is 21.7 Å². The summed E-state index contributed by atoms with van der Waals surface area (Å²) < 4.78 is 5.46. The fraction of sp³-hybridized carbons (Fsp3) is 0.333. The van der Waals surface area contributed by atoms with Gasteiger partial charge < -0.3 is 31.2 Å². The van der Waals surface area contributed by atoms with E-state index in [1.165, 1.54) is 0 Å². The maximum absolute atomic E-state index is 15.0. The van der Waals surface area contributed by atoms with Gasteiger partial charge in [-0.3, -0.25) is 29.3 Å². The van der Waals surface area contributed by atoms with E-state index >= 15 is 0 Å². The number of carbonyl (C=O) groups excluding carboxylic acids is 5. The number of Topliss-reactive ketones (excluding diaryl/α,β-unsaturated/α-hetero) is 1. The predicted octanol–water partition coefficient (Wildman–Crippen LogP) is 5.45. The van der Waals surface area contributed by atoms with Gasteiger partial charge in [-0.05, 0) is 73.6 Å². The van der Waals surface area contributed by atoms with Crippen molar-refractivity contribution in [3.05, 3.63) is 120 Å². The molecular weight excluding hydrogens is 739 g/mol. The van der Waals surface area contributed by atoms with E-state index in [4.69, 9.17) is 10.5 Å². The number of benzene rings is 4. The van der Waals surface area contributed by atoms with Crippen LogP contribution in [-0.2, 0) is 41.6 Å². The standard InChI is InChI=1S/C45H49N5O8/c1-44(2,3)58-43(57)49-37(24-31-26-47-35-18-10-9-16-32(31)35)41(55)50-42(56)45(21-11-17-33(45)29-13-5-4-6-14-29)39(53)36(25-38(51)52)48-40(54)34(46)23-27-19-20-28-12-7-8-15-30(28)22-27/h4-10,12-16,18-20,22,26,33-34,36-37,47H,11,17,21,23-25,46H2,1-3H3,(H,48,54)(H,49,57)(H,51,52)(H,50,55,56)/t33-,34+,36+,37+,45-/m1/s1. The zero-order valence-corrected chi connectivity index (χ0v) is 32.7. The first-order valence-electron chi connectivity index (χ1n) is 19.4. The van der Waals surface area contributed by atoms with Crippen LogP contribution in [0.15, 0.2) is 103 Å². The zero-order chi connectivity index (χ0) is 41.6. The number of amides is 4. The van der Waals surface area contributed by atoms with Gasteiger partial charge in [0.15, 0.2) is 5.78 Å². The molecule has 0 saturated heterocycles. The molecule has 0 spiro atoms. The SMILES string of the molecule is CC(C)(C)OC(=O)N[C@@H](Cc1c[nH]c2ccccc12)C(=O)NC(=O)[C@]1(C(=O)[C@H](CC(=O)O)NC(=O)[C@@H](N)Cc2ccc3ccccc3c2)CCC[C@@H]1c1ccccc1. The number of H-pyrrole nitrogens is 1. The summed E-state index contributed by atoms with van der Waals surface area (Å²) in [7, 11) is 0. The average Bonchev–Trinajstić information content (AvgIpc) is 3.82. The van der Waals surface area contributed by atoms with Gasteiger partial charge in [0, 0.05) is 29.4 Å². The first-order chi connectivity index (χ1) is 27.6. The molecule has 5 aromatic rings. The highest BCUT2D eigenvalue weighted by Crippen LogP contribution is 2.51. The van der Waals surface area contributed by atoms with Crippen LogP contribution in [0, 0.1) is 5.41 Å². The van der Waals surface area contributed by atoms with Gasteiger partial charge in [-0.2, -0.15) is 0 Å². The summed E-state index contributed by atoms with van der Waals surface area (Å²) in [4.78, 5) is 86.2. The molecule has 4 aromatic carbocycles. The van der Waals surface area contributed by atoms with E-state index in [1.54, 1.807) is 57.3 Å². The molecule has 0 aliphatic heterocycles. The molecule has 7 N–H and O–H groups in total. The lowest BCUT2D eigenvalue weighted by atomic mass is 9.68. The van der Waals surface area contributed by atoms with Crippen molar-refractivity contribution in [2.45, 2.75) is 88.9 Å². The van der Waals surface area contributed by atoms with E-state index in [1.807, 2.05) is 66.7 Å². The Morgan fingerprint density at radius 1 is 0.845 bits per heavy atom. The number of aromatic nitrogens is 1. The third-order valence-corrected chi connectivity index (χ3v) is 10.7. The summed E-state index contributed by atoms with van der Waals surface area (Å²) in [6.07, 6.45) is 0.753. The van der Waals surface area contributed by atoms with Gasteiger partial charge in [0.05, 0.1) is 18.5 Å². The van der Waals surface area contributed by atoms with Gasteiger partial charge in [0.2, 0.25) is 17.7 Å². The highest BCUT2D eigenvalue weighted by molar-refractivity contribution is 6.15. The van der Waals surface area contributed by atoms with Crippen LogP contribution in [0.5, 0.6) is 0 Å². The topological polar surface area (TPSA) is 210 Å². The Kier molecular flexibility index (Phi) is 12.4. The number of aromatic amines is 1. The zero-order valence-electron chi connectivity index (χ0n) is 32.7. The van der Waals surface area contributed by atoms with Crippen LogP contribution in [0.4, 0.5) is 4.79 Å². The van der Waals surface area contributed by atoms with Gasteiger partial charge in [-0.15, -0.1) is 0 Å². The van der Waals surface area contributed by atoms with Crippen LogP contribution < -0.4 is 21.7 Å². The summed E-state index contributed by atoms with van der Waals surface area (Å²) in [6, 6.07) is 25.5. The fourth-order valence-electron chi connectivity index (χ4n) is 8.00. The molecule has 1 saturated carbocycles. The van der Waals surface area contributed by atoms with E-state index in [0.717, 1.165) is 27.2 Å². The van der Waals surface area contributed by atoms with E-state index in [9.17, 15) is 33.9 Å². The molecule has 0 radical (unpaired) electrons. The minimum Gasteiger partial charge on any atom is -0.481 e. The Hall–Kier alpha value is -6.34. The molecular formula is C45H49N5O8. The Morgan fingerprint density at radius 2 is 1.53 bits per heavy atom. The Balaban J connectivity index is 1.30. The molecule has 1 aliphatic carbocycles. The number of carbonyl (C=O) groups is 6. The molecule has 1 fully saturated rings. The number of imide groups is 1. The van der Waals surface area contributed by atoms with Crippen molar-refractivity contribution in [1.29, 1.82) is 0 Å². The molecule has 6 rings (SSSR count). The number of rotatable bonds is 14. The largest absolute Gasteiger partial charge is 0.481 e. The number of para-hydroxylation sites is 1. The molecule has 5 atom stereocenters. The van der Waals surface area contributed by atoms with E-state index < -0.39 is 77.0 Å². The lowest BCUT2D eigenvalue weighted by Crippen LogP contribution is -2.60. The molecule has 13 heteroatoms. The summed E-state index contributed by atoms with van der Waals surface area (Å²) in [6.45, 7) is 5.02. The van der Waals surface area contributed by atoms with Crippen molar-refractivity contribution in [2.75, 3.05) is 0 Å². The summed E-state index contributed by atoms with van der Waals surface area (Å²) in [5, 5.41) is 20.4. The molecule has 13 nitrogen and oxygen atoms in total. The second-order valence-electron chi connectivity index (χ2n) is 15.9. The predicted molar refractivity (Wildman–Crippen MR) is 219 cm³/mol. The first-order valence-corrected chi connectivity index (χ1v) is 19.4. The molecule has 1 aliphatic rings. The Morgan fingerprint density at radius 3 is 2.26 bits per heavy atom. The van der Waals surface area contributed by atoms with Gasteiger partial charge in [0.1, 0.15) is 17.1 Å². The number of carboxylic acids is 1. The quantitative estimate of drug-likeness (QED) is 0.0790. The maximum Gasteiger partial charge on any atom is 0.408 e. The van der Waals surface area contributed by atoms with Crippen molar-refractivity contribution in [3.8, 4) is 0 Å². The smallest absolute Gasteiger partial charge is 0.408 e. The molecule has 0 bridgehead atoms. The molecule has 1 heterocycles. The summed E-state index contributed by atoms with van der Waals surface area (Å²) in [5.74, 6) is -5.65. The number of ketones is 1. The highest BCUT2D eigenvalue weighted by atomic mass is 16.6. The molecule has 58 heavy (non-hydrogen) atoms. The van der Waals surface area contributed by atoms with Crippen molar-refractivity contribution in [3.63, 3.8) is 0 Å². The number of ether oxygens (including phenoxy) is 1. The van der Waals surface area contributed by atoms with Crippen LogP contribution in [-0.4, -0.2) is 69.4 Å². The summed E-state index contributed by atoms with van der Waals surface area (Å²) >= 11 is 0. The Labute approximate surface area is 336 Å². The van der Waals surface area contributed by atoms with Crippen molar-refractivity contribution >= 4 is 57.2 Å². The third-order valence-electron chi connectivity index (χ3n) is 10.7. The monoisotopic (exact) mass is 787 g/mol. The number of fused-ring (bicyclic) bond motifs is 2. The number of alkyl carbamates (subject to hydrolysis) is 1. The molecule has 0 unspecified atom stereocenters. The number of carboxylic acid groups (broad SMARTS) is 1. The van der Waals surface area contributed by atoms with Gasteiger partial charge in [-0.25, -0.2) is 4.79 Å². The van der Waals surface area contributed by atoms with E-state index in [0.29, 0.717) is 24.0 Å². The number of aliphatic carboxylic acids is 1.